The van der Waals surface area contributed by atoms with Gasteiger partial charge in [-0.05, 0) is 25.1 Å². The van der Waals surface area contributed by atoms with Gasteiger partial charge in [0.2, 0.25) is 5.91 Å². The molecule has 8 nitrogen and oxygen atoms in total. The summed E-state index contributed by atoms with van der Waals surface area (Å²) in [4.78, 5) is 25.8. The summed E-state index contributed by atoms with van der Waals surface area (Å²) in [6.07, 6.45) is 0. The van der Waals surface area contributed by atoms with Crippen molar-refractivity contribution in [2.45, 2.75) is 16.7 Å². The molecule has 1 aliphatic rings. The van der Waals surface area contributed by atoms with Gasteiger partial charge in [0.05, 0.1) is 19.8 Å². The molecule has 0 saturated carbocycles. The number of nitrogens with one attached hydrogen (secondary N) is 1. The van der Waals surface area contributed by atoms with Crippen LogP contribution in [0.25, 0.3) is 0 Å². The van der Waals surface area contributed by atoms with Crippen LogP contribution < -0.4 is 14.8 Å². The molecule has 0 aromatic heterocycles. The third-order valence-electron chi connectivity index (χ3n) is 4.51. The summed E-state index contributed by atoms with van der Waals surface area (Å²) in [6, 6.07) is 10.6. The molecule has 2 aromatic carbocycles. The number of carbonyl (C=O) groups excluding carboxylic acids is 2. The topological polar surface area (TPSA) is 102 Å². The van der Waals surface area contributed by atoms with Gasteiger partial charge in [0.25, 0.3) is 15.9 Å². The zero-order chi connectivity index (χ0) is 21.9. The molecule has 0 aliphatic carbocycles. The summed E-state index contributed by atoms with van der Waals surface area (Å²) in [5.74, 6) is -0.283. The van der Waals surface area contributed by atoms with Gasteiger partial charge in [0, 0.05) is 23.3 Å². The molecule has 0 unspecified atom stereocenters. The number of methoxy groups -OCH3 is 2. The van der Waals surface area contributed by atoms with Crippen LogP contribution in [0.4, 0.5) is 0 Å². The van der Waals surface area contributed by atoms with Crippen molar-refractivity contribution in [3.8, 4) is 11.5 Å². The number of benzene rings is 2. The van der Waals surface area contributed by atoms with Crippen molar-refractivity contribution >= 4 is 33.6 Å². The number of ether oxygens (including phenoxy) is 2. The van der Waals surface area contributed by atoms with Crippen LogP contribution in [0.5, 0.6) is 11.5 Å². The first-order valence-corrected chi connectivity index (χ1v) is 11.5. The Balaban J connectivity index is 1.62. The maximum Gasteiger partial charge on any atom is 0.269 e. The molecular weight excluding hydrogens is 428 g/mol. The Kier molecular flexibility index (Phi) is 6.57. The number of hydrogen-bond donors (Lipinski definition) is 1. The van der Waals surface area contributed by atoms with Gasteiger partial charge in [-0.2, -0.15) is 0 Å². The lowest BCUT2D eigenvalue weighted by Crippen LogP contribution is -2.40. The molecule has 0 bridgehead atoms. The largest absolute Gasteiger partial charge is 0.493 e. The molecule has 2 amide bonds. The lowest BCUT2D eigenvalue weighted by atomic mass is 10.2. The van der Waals surface area contributed by atoms with Crippen molar-refractivity contribution in [1.29, 1.82) is 0 Å². The van der Waals surface area contributed by atoms with Crippen LogP contribution in [0.3, 0.4) is 0 Å². The van der Waals surface area contributed by atoms with Crippen LogP contribution in [0, 0.1) is 6.92 Å². The van der Waals surface area contributed by atoms with Gasteiger partial charge in [0.1, 0.15) is 11.4 Å². The molecule has 1 heterocycles. The molecule has 2 aromatic rings. The normalized spacial score (nSPS) is 14.4. The highest BCUT2D eigenvalue weighted by atomic mass is 32.2. The number of carbonyl (C=O) groups is 2. The number of thioether (sulfide) groups is 1. The first kappa shape index (κ1) is 22.0. The second-order valence-corrected chi connectivity index (χ2v) is 9.53. The summed E-state index contributed by atoms with van der Waals surface area (Å²) >= 11 is 1.57. The Hall–Kier alpha value is -2.72. The van der Waals surface area contributed by atoms with Crippen molar-refractivity contribution in [2.75, 3.05) is 33.1 Å². The standard InChI is InChI=1S/C20H22N2O6S2/c1-13-4-6-14(7-5-13)29-9-8-21-19(23)12-22-20(24)15-10-16(27-2)17(28-3)11-18(15)30(22,25)26/h4-7,10-11H,8-9,12H2,1-3H3,(H,21,23). The summed E-state index contributed by atoms with van der Waals surface area (Å²) in [5, 5.41) is 2.65. The van der Waals surface area contributed by atoms with E-state index < -0.39 is 28.4 Å². The zero-order valence-corrected chi connectivity index (χ0v) is 18.4. The third kappa shape index (κ3) is 4.39. The van der Waals surface area contributed by atoms with Gasteiger partial charge in [0.15, 0.2) is 11.5 Å². The van der Waals surface area contributed by atoms with Crippen LogP contribution in [0.2, 0.25) is 0 Å². The predicted octanol–water partition coefficient (Wildman–Crippen LogP) is 2.07. The number of rotatable bonds is 8. The minimum absolute atomic E-state index is 0.0459. The Labute approximate surface area is 179 Å². The van der Waals surface area contributed by atoms with E-state index in [9.17, 15) is 18.0 Å². The van der Waals surface area contributed by atoms with Crippen LogP contribution in [0.15, 0.2) is 46.2 Å². The highest BCUT2D eigenvalue weighted by molar-refractivity contribution is 7.99. The van der Waals surface area contributed by atoms with E-state index in [4.69, 9.17) is 9.47 Å². The monoisotopic (exact) mass is 450 g/mol. The first-order valence-electron chi connectivity index (χ1n) is 9.07. The summed E-state index contributed by atoms with van der Waals surface area (Å²) in [7, 11) is -1.39. The zero-order valence-electron chi connectivity index (χ0n) is 16.8. The number of sulfonamides is 1. The third-order valence-corrected chi connectivity index (χ3v) is 7.29. The fourth-order valence-electron chi connectivity index (χ4n) is 2.94. The molecule has 1 aliphatic heterocycles. The fraction of sp³-hybridized carbons (Fsp3) is 0.300. The van der Waals surface area contributed by atoms with Crippen LogP contribution in [-0.2, 0) is 14.8 Å². The van der Waals surface area contributed by atoms with Gasteiger partial charge in [-0.15, -0.1) is 11.8 Å². The summed E-state index contributed by atoms with van der Waals surface area (Å²) < 4.78 is 36.3. The maximum absolute atomic E-state index is 12.8. The van der Waals surface area contributed by atoms with Crippen molar-refractivity contribution in [3.05, 3.63) is 47.5 Å². The minimum Gasteiger partial charge on any atom is -0.493 e. The van der Waals surface area contributed by atoms with E-state index in [1.807, 2.05) is 31.2 Å². The van der Waals surface area contributed by atoms with Gasteiger partial charge in [-0.3, -0.25) is 9.59 Å². The SMILES string of the molecule is COc1cc2c(cc1OC)S(=O)(=O)N(CC(=O)NCCSc1ccc(C)cc1)C2=O. The van der Waals surface area contributed by atoms with Crippen molar-refractivity contribution in [1.82, 2.24) is 9.62 Å². The summed E-state index contributed by atoms with van der Waals surface area (Å²) in [5.41, 5.74) is 1.12. The number of nitrogens with zero attached hydrogens (tertiary/aromatic N) is 1. The highest BCUT2D eigenvalue weighted by Gasteiger charge is 2.43. The quantitative estimate of drug-likeness (QED) is 0.485. The average molecular weight is 451 g/mol. The molecule has 10 heteroatoms. The van der Waals surface area contributed by atoms with Crippen LogP contribution in [-0.4, -0.2) is 57.6 Å². The van der Waals surface area contributed by atoms with Gasteiger partial charge in [-0.1, -0.05) is 17.7 Å². The average Bonchev–Trinajstić information content (AvgIpc) is 2.91. The Morgan fingerprint density at radius 3 is 2.37 bits per heavy atom. The predicted molar refractivity (Wildman–Crippen MR) is 113 cm³/mol. The molecular formula is C20H22N2O6S2. The molecule has 3 rings (SSSR count). The Morgan fingerprint density at radius 1 is 1.10 bits per heavy atom. The van der Waals surface area contributed by atoms with E-state index in [1.54, 1.807) is 11.8 Å². The van der Waals surface area contributed by atoms with E-state index in [0.717, 1.165) is 4.90 Å². The molecule has 0 atom stereocenters. The molecule has 0 radical (unpaired) electrons. The second kappa shape index (κ2) is 8.97. The van der Waals surface area contributed by atoms with E-state index in [-0.39, 0.29) is 22.0 Å². The van der Waals surface area contributed by atoms with Gasteiger partial charge >= 0.3 is 0 Å². The molecule has 30 heavy (non-hydrogen) atoms. The van der Waals surface area contributed by atoms with E-state index >= 15 is 0 Å². The van der Waals surface area contributed by atoms with E-state index in [2.05, 4.69) is 5.32 Å². The number of aryl methyl sites for hydroxylation is 1. The molecule has 0 saturated heterocycles. The van der Waals surface area contributed by atoms with Crippen LogP contribution >= 0.6 is 11.8 Å². The molecule has 1 N–H and O–H groups in total. The highest BCUT2D eigenvalue weighted by Crippen LogP contribution is 2.38. The second-order valence-electron chi connectivity index (χ2n) is 6.53. The van der Waals surface area contributed by atoms with E-state index in [1.165, 1.54) is 31.9 Å². The Bertz CT molecular complexity index is 1070. The summed E-state index contributed by atoms with van der Waals surface area (Å²) in [6.45, 7) is 1.76. The Morgan fingerprint density at radius 2 is 1.73 bits per heavy atom. The van der Waals surface area contributed by atoms with E-state index in [0.29, 0.717) is 16.6 Å². The van der Waals surface area contributed by atoms with Crippen molar-refractivity contribution in [3.63, 3.8) is 0 Å². The molecule has 0 fully saturated rings. The smallest absolute Gasteiger partial charge is 0.269 e. The lowest BCUT2D eigenvalue weighted by molar-refractivity contribution is -0.120. The van der Waals surface area contributed by atoms with Gasteiger partial charge in [-0.25, -0.2) is 12.7 Å². The number of fused-ring (bicyclic) bond motifs is 1. The number of hydrogen-bond acceptors (Lipinski definition) is 7. The first-order chi connectivity index (χ1) is 14.3. The van der Waals surface area contributed by atoms with Crippen LogP contribution in [0.1, 0.15) is 15.9 Å². The fourth-order valence-corrected chi connectivity index (χ4v) is 5.23. The number of amides is 2. The maximum atomic E-state index is 12.8. The minimum atomic E-state index is -4.14. The molecule has 0 spiro atoms. The molecule has 160 valence electrons. The van der Waals surface area contributed by atoms with Crippen molar-refractivity contribution < 1.29 is 27.5 Å². The van der Waals surface area contributed by atoms with Crippen molar-refractivity contribution in [2.24, 2.45) is 0 Å². The van der Waals surface area contributed by atoms with Gasteiger partial charge < -0.3 is 14.8 Å². The lowest BCUT2D eigenvalue weighted by Gasteiger charge is -2.14.